The molecule has 1 aliphatic heterocycles. The summed E-state index contributed by atoms with van der Waals surface area (Å²) in [6.45, 7) is 2.21. The largest absolute Gasteiger partial charge is 0.504 e. The number of aromatic hydroxyl groups is 1. The van der Waals surface area contributed by atoms with Gasteiger partial charge in [-0.1, -0.05) is 23.7 Å². The fourth-order valence-electron chi connectivity index (χ4n) is 2.86. The molecule has 0 aliphatic carbocycles. The topological polar surface area (TPSA) is 32.7 Å². The average Bonchev–Trinajstić information content (AvgIpc) is 2.75. The highest BCUT2D eigenvalue weighted by molar-refractivity contribution is 6.30. The van der Waals surface area contributed by atoms with Crippen molar-refractivity contribution in [2.75, 3.05) is 26.4 Å². The van der Waals surface area contributed by atoms with Gasteiger partial charge in [0.2, 0.25) is 0 Å². The summed E-state index contributed by atoms with van der Waals surface area (Å²) >= 11 is 6.05. The van der Waals surface area contributed by atoms with Crippen molar-refractivity contribution in [2.24, 2.45) is 0 Å². The summed E-state index contributed by atoms with van der Waals surface area (Å²) in [5.74, 6) is 0.656. The minimum atomic E-state index is -0.321. The number of phenolic OH excluding ortho intramolecular Hbond substituents is 1. The van der Waals surface area contributed by atoms with Gasteiger partial charge in [0, 0.05) is 30.2 Å². The van der Waals surface area contributed by atoms with Crippen molar-refractivity contribution in [3.63, 3.8) is 0 Å². The smallest absolute Gasteiger partial charge is 0.165 e. The zero-order valence-electron chi connectivity index (χ0n) is 12.8. The number of fused-ring (bicyclic) bond motifs is 1. The first-order valence-electron chi connectivity index (χ1n) is 7.70. The van der Waals surface area contributed by atoms with Crippen LogP contribution in [0.4, 0.5) is 4.39 Å². The van der Waals surface area contributed by atoms with Crippen LogP contribution in [0.25, 0.3) is 11.1 Å². The molecule has 0 radical (unpaired) electrons. The average molecular weight is 336 g/mol. The zero-order chi connectivity index (χ0) is 16.2. The molecule has 3 nitrogen and oxygen atoms in total. The van der Waals surface area contributed by atoms with E-state index < -0.39 is 0 Å². The highest BCUT2D eigenvalue weighted by Crippen LogP contribution is 2.38. The Kier molecular flexibility index (Phi) is 5.03. The fraction of sp³-hybridized carbons (Fsp3) is 0.333. The molecule has 0 bridgehead atoms. The number of benzene rings is 2. The van der Waals surface area contributed by atoms with Gasteiger partial charge in [-0.2, -0.15) is 0 Å². The van der Waals surface area contributed by atoms with E-state index in [0.29, 0.717) is 36.9 Å². The lowest BCUT2D eigenvalue weighted by Crippen LogP contribution is -2.27. The van der Waals surface area contributed by atoms with Crippen LogP contribution in [0.3, 0.4) is 0 Å². The highest BCUT2D eigenvalue weighted by Gasteiger charge is 2.19. The second-order valence-corrected chi connectivity index (χ2v) is 6.10. The minimum Gasteiger partial charge on any atom is -0.504 e. The minimum absolute atomic E-state index is 0.129. The first-order chi connectivity index (χ1) is 11.2. The number of hydrogen-bond donors (Lipinski definition) is 1. The lowest BCUT2D eigenvalue weighted by molar-refractivity contribution is 0.216. The van der Waals surface area contributed by atoms with Gasteiger partial charge in [-0.05, 0) is 41.8 Å². The molecule has 0 saturated carbocycles. The second-order valence-electron chi connectivity index (χ2n) is 5.66. The molecule has 0 aromatic heterocycles. The maximum atomic E-state index is 12.4. The molecule has 0 amide bonds. The number of rotatable bonds is 4. The van der Waals surface area contributed by atoms with Gasteiger partial charge >= 0.3 is 0 Å². The van der Waals surface area contributed by atoms with E-state index in [1.54, 1.807) is 6.07 Å². The Morgan fingerprint density at radius 1 is 1.22 bits per heavy atom. The van der Waals surface area contributed by atoms with Gasteiger partial charge in [-0.15, -0.1) is 0 Å². The van der Waals surface area contributed by atoms with E-state index in [2.05, 4.69) is 4.90 Å². The van der Waals surface area contributed by atoms with E-state index in [-0.39, 0.29) is 12.4 Å². The molecule has 0 atom stereocenters. The molecule has 2 aromatic rings. The molecule has 2 aromatic carbocycles. The second kappa shape index (κ2) is 7.20. The molecule has 1 N–H and O–H groups in total. The summed E-state index contributed by atoms with van der Waals surface area (Å²) in [5.41, 5.74) is 2.74. The molecule has 0 fully saturated rings. The van der Waals surface area contributed by atoms with Crippen molar-refractivity contribution in [1.82, 2.24) is 4.90 Å². The van der Waals surface area contributed by atoms with Crippen molar-refractivity contribution >= 4 is 11.6 Å². The summed E-state index contributed by atoms with van der Waals surface area (Å²) < 4.78 is 18.1. The van der Waals surface area contributed by atoms with Gasteiger partial charge in [0.1, 0.15) is 6.61 Å². The summed E-state index contributed by atoms with van der Waals surface area (Å²) in [7, 11) is 0. The number of phenols is 1. The van der Waals surface area contributed by atoms with Crippen LogP contribution in [0.2, 0.25) is 5.02 Å². The third-order valence-electron chi connectivity index (χ3n) is 3.96. The van der Waals surface area contributed by atoms with E-state index in [1.807, 2.05) is 30.3 Å². The Balaban J connectivity index is 1.94. The standard InChI is InChI=1S/C18H19ClFNO2/c19-16-4-1-3-13(10-16)14-9-15-12-21(6-2-5-20)7-8-23-18(15)17(22)11-14/h1,3-4,9-11,22H,2,5-8,12H2. The summed E-state index contributed by atoms with van der Waals surface area (Å²) in [4.78, 5) is 2.15. The van der Waals surface area contributed by atoms with Crippen LogP contribution < -0.4 is 4.74 Å². The quantitative estimate of drug-likeness (QED) is 0.905. The van der Waals surface area contributed by atoms with Crippen LogP contribution in [-0.2, 0) is 6.54 Å². The number of hydrogen-bond acceptors (Lipinski definition) is 3. The Morgan fingerprint density at radius 3 is 2.87 bits per heavy atom. The fourth-order valence-corrected chi connectivity index (χ4v) is 3.05. The van der Waals surface area contributed by atoms with E-state index in [0.717, 1.165) is 23.2 Å². The van der Waals surface area contributed by atoms with Crippen LogP contribution in [0, 0.1) is 0 Å². The van der Waals surface area contributed by atoms with E-state index in [1.165, 1.54) is 0 Å². The monoisotopic (exact) mass is 335 g/mol. The van der Waals surface area contributed by atoms with Gasteiger partial charge in [0.15, 0.2) is 11.5 Å². The van der Waals surface area contributed by atoms with Gasteiger partial charge < -0.3 is 9.84 Å². The molecule has 0 spiro atoms. The summed E-state index contributed by atoms with van der Waals surface area (Å²) in [6, 6.07) is 11.2. The third kappa shape index (κ3) is 3.77. The first-order valence-corrected chi connectivity index (χ1v) is 8.08. The predicted molar refractivity (Wildman–Crippen MR) is 89.9 cm³/mol. The maximum absolute atomic E-state index is 12.4. The summed E-state index contributed by atoms with van der Waals surface area (Å²) in [6.07, 6.45) is 0.509. The van der Waals surface area contributed by atoms with Crippen LogP contribution in [-0.4, -0.2) is 36.4 Å². The molecule has 23 heavy (non-hydrogen) atoms. The van der Waals surface area contributed by atoms with Crippen molar-refractivity contribution in [3.05, 3.63) is 47.0 Å². The number of alkyl halides is 1. The molecule has 122 valence electrons. The van der Waals surface area contributed by atoms with Gasteiger partial charge in [-0.25, -0.2) is 0 Å². The Hall–Kier alpha value is -1.78. The van der Waals surface area contributed by atoms with Crippen molar-refractivity contribution in [2.45, 2.75) is 13.0 Å². The van der Waals surface area contributed by atoms with Crippen LogP contribution in [0.5, 0.6) is 11.5 Å². The lowest BCUT2D eigenvalue weighted by Gasteiger charge is -2.18. The van der Waals surface area contributed by atoms with Crippen molar-refractivity contribution in [1.29, 1.82) is 0 Å². The molecule has 1 aliphatic rings. The Bertz CT molecular complexity index is 693. The van der Waals surface area contributed by atoms with E-state index in [9.17, 15) is 9.50 Å². The number of halogens is 2. The van der Waals surface area contributed by atoms with Crippen LogP contribution in [0.15, 0.2) is 36.4 Å². The SMILES string of the molecule is Oc1cc(-c2cccc(Cl)c2)cc2c1OCCN(CCCF)C2. The Morgan fingerprint density at radius 2 is 2.09 bits per heavy atom. The number of nitrogens with zero attached hydrogens (tertiary/aromatic N) is 1. The molecule has 0 saturated heterocycles. The molecular weight excluding hydrogens is 317 g/mol. The van der Waals surface area contributed by atoms with E-state index in [4.69, 9.17) is 16.3 Å². The van der Waals surface area contributed by atoms with E-state index >= 15 is 0 Å². The normalized spacial score (nSPS) is 14.9. The Labute approximate surface area is 140 Å². The molecule has 3 rings (SSSR count). The molecule has 0 unspecified atom stereocenters. The van der Waals surface area contributed by atoms with Crippen LogP contribution in [0.1, 0.15) is 12.0 Å². The maximum Gasteiger partial charge on any atom is 0.165 e. The van der Waals surface area contributed by atoms with Gasteiger partial charge in [0.25, 0.3) is 0 Å². The summed E-state index contributed by atoms with van der Waals surface area (Å²) in [5, 5.41) is 11.0. The third-order valence-corrected chi connectivity index (χ3v) is 4.20. The van der Waals surface area contributed by atoms with Gasteiger partial charge in [0.05, 0.1) is 6.67 Å². The first kappa shape index (κ1) is 16.1. The van der Waals surface area contributed by atoms with Crippen molar-refractivity contribution in [3.8, 4) is 22.6 Å². The van der Waals surface area contributed by atoms with Crippen LogP contribution >= 0.6 is 11.6 Å². The molecular formula is C18H19ClFNO2. The van der Waals surface area contributed by atoms with Crippen molar-refractivity contribution < 1.29 is 14.2 Å². The predicted octanol–water partition coefficient (Wildman–Crippen LogP) is 4.27. The lowest BCUT2D eigenvalue weighted by atomic mass is 10.0. The molecule has 5 heteroatoms. The zero-order valence-corrected chi connectivity index (χ0v) is 13.5. The highest BCUT2D eigenvalue weighted by atomic mass is 35.5. The van der Waals surface area contributed by atoms with Gasteiger partial charge in [-0.3, -0.25) is 9.29 Å². The molecule has 1 heterocycles. The number of ether oxygens (including phenoxy) is 1.